The van der Waals surface area contributed by atoms with Crippen LogP contribution < -0.4 is 11.1 Å². The number of halogens is 2. The fourth-order valence-corrected chi connectivity index (χ4v) is 1.20. The molecule has 0 radical (unpaired) electrons. The van der Waals surface area contributed by atoms with Crippen molar-refractivity contribution in [2.24, 2.45) is 5.73 Å². The molecule has 3 N–H and O–H groups in total. The summed E-state index contributed by atoms with van der Waals surface area (Å²) >= 11 is 0. The van der Waals surface area contributed by atoms with Crippen LogP contribution in [-0.2, 0) is 4.79 Å². The SMILES string of the molecule is CCC(C)(N)C(=O)Nc1cc([N+](=O)[O-])c(F)cc1F. The number of nitrogens with zero attached hydrogens (tertiary/aromatic N) is 1. The molecule has 19 heavy (non-hydrogen) atoms. The molecule has 1 rings (SSSR count). The van der Waals surface area contributed by atoms with Gasteiger partial charge in [0.05, 0.1) is 16.1 Å². The van der Waals surface area contributed by atoms with Gasteiger partial charge in [0.1, 0.15) is 5.82 Å². The molecule has 0 heterocycles. The molecule has 1 aromatic carbocycles. The lowest BCUT2D eigenvalue weighted by molar-refractivity contribution is -0.387. The molecular formula is C11H13F2N3O3. The molecule has 0 saturated carbocycles. The predicted octanol–water partition coefficient (Wildman–Crippen LogP) is 1.94. The Kier molecular flexibility index (Phi) is 4.15. The van der Waals surface area contributed by atoms with Gasteiger partial charge in [0, 0.05) is 12.1 Å². The van der Waals surface area contributed by atoms with E-state index in [0.717, 1.165) is 0 Å². The van der Waals surface area contributed by atoms with Crippen molar-refractivity contribution < 1.29 is 18.5 Å². The van der Waals surface area contributed by atoms with Gasteiger partial charge >= 0.3 is 5.69 Å². The van der Waals surface area contributed by atoms with Gasteiger partial charge in [-0.05, 0) is 13.3 Å². The molecule has 1 unspecified atom stereocenters. The van der Waals surface area contributed by atoms with Gasteiger partial charge in [0.15, 0.2) is 0 Å². The van der Waals surface area contributed by atoms with Crippen molar-refractivity contribution in [3.8, 4) is 0 Å². The number of hydrogen-bond acceptors (Lipinski definition) is 4. The summed E-state index contributed by atoms with van der Waals surface area (Å²) in [5.41, 5.74) is 2.98. The van der Waals surface area contributed by atoms with Crippen molar-refractivity contribution in [1.82, 2.24) is 0 Å². The summed E-state index contributed by atoms with van der Waals surface area (Å²) in [4.78, 5) is 21.2. The van der Waals surface area contributed by atoms with Crippen molar-refractivity contribution in [2.75, 3.05) is 5.32 Å². The first-order valence-corrected chi connectivity index (χ1v) is 5.42. The van der Waals surface area contributed by atoms with Crippen LogP contribution in [0.5, 0.6) is 0 Å². The van der Waals surface area contributed by atoms with E-state index in [1.807, 2.05) is 0 Å². The molecule has 0 spiro atoms. The van der Waals surface area contributed by atoms with E-state index in [0.29, 0.717) is 12.1 Å². The highest BCUT2D eigenvalue weighted by atomic mass is 19.1. The van der Waals surface area contributed by atoms with Crippen LogP contribution >= 0.6 is 0 Å². The van der Waals surface area contributed by atoms with Crippen molar-refractivity contribution in [3.05, 3.63) is 33.9 Å². The second-order valence-electron chi connectivity index (χ2n) is 4.27. The van der Waals surface area contributed by atoms with Crippen molar-refractivity contribution in [3.63, 3.8) is 0 Å². The highest BCUT2D eigenvalue weighted by Gasteiger charge is 2.28. The fraction of sp³-hybridized carbons (Fsp3) is 0.364. The van der Waals surface area contributed by atoms with E-state index in [9.17, 15) is 23.7 Å². The Balaban J connectivity index is 3.12. The zero-order chi connectivity index (χ0) is 14.8. The minimum atomic E-state index is -1.31. The molecule has 0 aliphatic heterocycles. The number of nitrogens with two attached hydrogens (primary N) is 1. The van der Waals surface area contributed by atoms with E-state index < -0.39 is 39.4 Å². The third kappa shape index (κ3) is 3.22. The summed E-state index contributed by atoms with van der Waals surface area (Å²) in [5, 5.41) is 12.6. The topological polar surface area (TPSA) is 98.3 Å². The number of nitrogens with one attached hydrogen (secondary N) is 1. The summed E-state index contributed by atoms with van der Waals surface area (Å²) in [6.45, 7) is 3.08. The Bertz CT molecular complexity index is 532. The van der Waals surface area contributed by atoms with Crippen LogP contribution in [0.4, 0.5) is 20.2 Å². The first kappa shape index (κ1) is 15.0. The van der Waals surface area contributed by atoms with Crippen LogP contribution in [0.2, 0.25) is 0 Å². The van der Waals surface area contributed by atoms with E-state index >= 15 is 0 Å². The van der Waals surface area contributed by atoms with Crippen molar-refractivity contribution in [1.29, 1.82) is 0 Å². The van der Waals surface area contributed by atoms with E-state index in [2.05, 4.69) is 5.32 Å². The zero-order valence-electron chi connectivity index (χ0n) is 10.4. The molecule has 1 aromatic rings. The Morgan fingerprint density at radius 2 is 2.05 bits per heavy atom. The van der Waals surface area contributed by atoms with E-state index in [1.165, 1.54) is 6.92 Å². The van der Waals surface area contributed by atoms with Gasteiger partial charge in [0.2, 0.25) is 11.7 Å². The van der Waals surface area contributed by atoms with Crippen LogP contribution in [0.25, 0.3) is 0 Å². The molecule has 1 atom stereocenters. The number of benzene rings is 1. The minimum absolute atomic E-state index is 0.281. The van der Waals surface area contributed by atoms with E-state index in [1.54, 1.807) is 6.92 Å². The van der Waals surface area contributed by atoms with Crippen molar-refractivity contribution in [2.45, 2.75) is 25.8 Å². The quantitative estimate of drug-likeness (QED) is 0.647. The number of hydrogen-bond donors (Lipinski definition) is 2. The number of rotatable bonds is 4. The molecule has 8 heteroatoms. The average Bonchev–Trinajstić information content (AvgIpc) is 2.31. The van der Waals surface area contributed by atoms with Crippen molar-refractivity contribution >= 4 is 17.3 Å². The summed E-state index contributed by atoms with van der Waals surface area (Å²) in [7, 11) is 0. The van der Waals surface area contributed by atoms with Gasteiger partial charge in [-0.1, -0.05) is 6.92 Å². The number of amides is 1. The maximum Gasteiger partial charge on any atom is 0.307 e. The molecule has 6 nitrogen and oxygen atoms in total. The van der Waals surface area contributed by atoms with Crippen LogP contribution in [0, 0.1) is 21.7 Å². The maximum atomic E-state index is 13.4. The predicted molar refractivity (Wildman–Crippen MR) is 64.5 cm³/mol. The third-order valence-electron chi connectivity index (χ3n) is 2.73. The molecular weight excluding hydrogens is 260 g/mol. The average molecular weight is 273 g/mol. The number of anilines is 1. The molecule has 0 aromatic heterocycles. The van der Waals surface area contributed by atoms with E-state index in [-0.39, 0.29) is 6.42 Å². The van der Waals surface area contributed by atoms with Gasteiger partial charge in [-0.15, -0.1) is 0 Å². The lowest BCUT2D eigenvalue weighted by atomic mass is 9.99. The monoisotopic (exact) mass is 273 g/mol. The van der Waals surface area contributed by atoms with Crippen LogP contribution in [0.1, 0.15) is 20.3 Å². The van der Waals surface area contributed by atoms with E-state index in [4.69, 9.17) is 5.73 Å². The van der Waals surface area contributed by atoms with Crippen LogP contribution in [-0.4, -0.2) is 16.4 Å². The van der Waals surface area contributed by atoms with Gasteiger partial charge < -0.3 is 11.1 Å². The van der Waals surface area contributed by atoms with Crippen LogP contribution in [0.15, 0.2) is 12.1 Å². The van der Waals surface area contributed by atoms with Gasteiger partial charge in [-0.2, -0.15) is 4.39 Å². The highest BCUT2D eigenvalue weighted by molar-refractivity contribution is 5.97. The Labute approximate surface area is 107 Å². The Morgan fingerprint density at radius 3 is 2.53 bits per heavy atom. The second-order valence-corrected chi connectivity index (χ2v) is 4.27. The molecule has 104 valence electrons. The molecule has 0 saturated heterocycles. The molecule has 0 fully saturated rings. The highest BCUT2D eigenvalue weighted by Crippen LogP contribution is 2.25. The Morgan fingerprint density at radius 1 is 1.47 bits per heavy atom. The largest absolute Gasteiger partial charge is 0.322 e. The first-order chi connectivity index (χ1) is 8.69. The molecule has 1 amide bonds. The van der Waals surface area contributed by atoms with Crippen LogP contribution in [0.3, 0.4) is 0 Å². The third-order valence-corrected chi connectivity index (χ3v) is 2.73. The standard InChI is InChI=1S/C11H13F2N3O3/c1-3-11(2,14)10(17)15-8-5-9(16(18)19)7(13)4-6(8)12/h4-5H,3,14H2,1-2H3,(H,15,17). The van der Waals surface area contributed by atoms with Gasteiger partial charge in [-0.25, -0.2) is 4.39 Å². The maximum absolute atomic E-state index is 13.4. The molecule has 0 aliphatic rings. The lowest BCUT2D eigenvalue weighted by Gasteiger charge is -2.21. The summed E-state index contributed by atoms with van der Waals surface area (Å²) in [6.07, 6.45) is 0.281. The second kappa shape index (κ2) is 5.27. The Hall–Kier alpha value is -2.09. The lowest BCUT2D eigenvalue weighted by Crippen LogP contribution is -2.47. The number of nitro benzene ring substituents is 1. The van der Waals surface area contributed by atoms with Gasteiger partial charge in [0.25, 0.3) is 0 Å². The number of carbonyl (C=O) groups excluding carboxylic acids is 1. The minimum Gasteiger partial charge on any atom is -0.322 e. The normalized spacial score (nSPS) is 13.7. The zero-order valence-corrected chi connectivity index (χ0v) is 10.4. The summed E-state index contributed by atoms with van der Waals surface area (Å²) in [5.74, 6) is -3.13. The molecule has 0 bridgehead atoms. The number of carbonyl (C=O) groups is 1. The fourth-order valence-electron chi connectivity index (χ4n) is 1.20. The summed E-state index contributed by atoms with van der Waals surface area (Å²) < 4.78 is 26.5. The number of nitro groups is 1. The molecule has 0 aliphatic carbocycles. The van der Waals surface area contributed by atoms with Gasteiger partial charge in [-0.3, -0.25) is 14.9 Å². The summed E-state index contributed by atoms with van der Waals surface area (Å²) in [6, 6.07) is 0.960. The smallest absolute Gasteiger partial charge is 0.307 e. The first-order valence-electron chi connectivity index (χ1n) is 5.42.